The van der Waals surface area contributed by atoms with E-state index >= 15 is 0 Å². The number of rotatable bonds is 4. The summed E-state index contributed by atoms with van der Waals surface area (Å²) in [6.07, 6.45) is 4.16. The minimum atomic E-state index is 0.0183. The molecule has 1 aliphatic carbocycles. The molecule has 144 valence electrons. The van der Waals surface area contributed by atoms with Crippen LogP contribution in [0, 0.1) is 5.41 Å². The smallest absolute Gasteiger partial charge is 0.129 e. The normalized spacial score (nSPS) is 22.1. The van der Waals surface area contributed by atoms with Crippen LogP contribution >= 0.6 is 0 Å². The first kappa shape index (κ1) is 16.4. The van der Waals surface area contributed by atoms with Crippen LogP contribution in [0.5, 0.6) is 5.75 Å². The number of H-pyrrole nitrogens is 1. The first-order valence-corrected chi connectivity index (χ1v) is 10.1. The number of aromatic amines is 1. The van der Waals surface area contributed by atoms with Crippen molar-refractivity contribution in [3.63, 3.8) is 0 Å². The van der Waals surface area contributed by atoms with Crippen LogP contribution in [0.4, 0.5) is 5.82 Å². The topological polar surface area (TPSA) is 57.3 Å². The third kappa shape index (κ3) is 2.58. The minimum Gasteiger partial charge on any atom is -0.488 e. The van der Waals surface area contributed by atoms with Crippen molar-refractivity contribution in [2.24, 2.45) is 5.41 Å². The van der Waals surface area contributed by atoms with E-state index in [0.29, 0.717) is 5.41 Å². The summed E-state index contributed by atoms with van der Waals surface area (Å²) in [7, 11) is 2.19. The lowest BCUT2D eigenvalue weighted by Crippen LogP contribution is -2.71. The number of hydrogen-bond acceptors (Lipinski definition) is 5. The summed E-state index contributed by atoms with van der Waals surface area (Å²) in [5.74, 6) is 1.97. The predicted octanol–water partition coefficient (Wildman–Crippen LogP) is 3.31. The van der Waals surface area contributed by atoms with Gasteiger partial charge in [-0.2, -0.15) is 5.10 Å². The average molecular weight is 375 g/mol. The maximum absolute atomic E-state index is 6.15. The van der Waals surface area contributed by atoms with Crippen molar-refractivity contribution in [1.29, 1.82) is 0 Å². The molecular weight excluding hydrogens is 350 g/mol. The molecule has 1 aromatic carbocycles. The molecule has 0 amide bonds. The second kappa shape index (κ2) is 5.47. The lowest BCUT2D eigenvalue weighted by molar-refractivity contribution is -0.00279. The van der Waals surface area contributed by atoms with E-state index in [2.05, 4.69) is 57.2 Å². The SMILES string of the molecule is CN1CC2(C1)CN(c1cc(-c3n[nH]c4ccc(OC5(C)CC5)cc34)ccn1)C2. The first-order chi connectivity index (χ1) is 13.5. The number of pyridine rings is 1. The van der Waals surface area contributed by atoms with Gasteiger partial charge in [0.25, 0.3) is 0 Å². The van der Waals surface area contributed by atoms with E-state index in [1.807, 2.05) is 18.3 Å². The zero-order valence-corrected chi connectivity index (χ0v) is 16.4. The molecule has 0 radical (unpaired) electrons. The zero-order chi connectivity index (χ0) is 18.9. The Morgan fingerprint density at radius 3 is 2.64 bits per heavy atom. The maximum Gasteiger partial charge on any atom is 0.129 e. The lowest BCUT2D eigenvalue weighted by Gasteiger charge is -2.59. The van der Waals surface area contributed by atoms with Crippen LogP contribution in [-0.2, 0) is 0 Å². The van der Waals surface area contributed by atoms with Gasteiger partial charge in [-0.15, -0.1) is 0 Å². The number of ether oxygens (including phenoxy) is 1. The number of fused-ring (bicyclic) bond motifs is 1. The molecular formula is C22H25N5O. The molecule has 2 aromatic heterocycles. The second-order valence-electron chi connectivity index (χ2n) is 9.26. The lowest BCUT2D eigenvalue weighted by atomic mass is 9.73. The Balaban J connectivity index is 1.29. The summed E-state index contributed by atoms with van der Waals surface area (Å²) in [6, 6.07) is 10.4. The molecule has 6 heteroatoms. The first-order valence-electron chi connectivity index (χ1n) is 10.1. The molecule has 6 nitrogen and oxygen atoms in total. The molecule has 1 saturated carbocycles. The van der Waals surface area contributed by atoms with Crippen LogP contribution < -0.4 is 9.64 Å². The fourth-order valence-electron chi connectivity index (χ4n) is 4.80. The van der Waals surface area contributed by atoms with E-state index in [1.54, 1.807) is 0 Å². The molecule has 4 heterocycles. The number of likely N-dealkylation sites (tertiary alicyclic amines) is 1. The van der Waals surface area contributed by atoms with Gasteiger partial charge in [0, 0.05) is 48.7 Å². The molecule has 3 fully saturated rings. The molecule has 28 heavy (non-hydrogen) atoms. The Hall–Kier alpha value is -2.60. The second-order valence-corrected chi connectivity index (χ2v) is 9.26. The number of anilines is 1. The van der Waals surface area contributed by atoms with E-state index in [0.717, 1.165) is 59.7 Å². The molecule has 2 saturated heterocycles. The molecule has 2 aliphatic heterocycles. The van der Waals surface area contributed by atoms with E-state index in [9.17, 15) is 0 Å². The highest BCUT2D eigenvalue weighted by Crippen LogP contribution is 2.42. The van der Waals surface area contributed by atoms with Gasteiger partial charge >= 0.3 is 0 Å². The number of nitrogens with zero attached hydrogens (tertiary/aromatic N) is 4. The average Bonchev–Trinajstić information content (AvgIpc) is 3.20. The summed E-state index contributed by atoms with van der Waals surface area (Å²) in [5.41, 5.74) is 3.60. The van der Waals surface area contributed by atoms with Gasteiger partial charge in [0.15, 0.2) is 0 Å². The van der Waals surface area contributed by atoms with Gasteiger partial charge in [0.1, 0.15) is 22.9 Å². The van der Waals surface area contributed by atoms with E-state index in [1.165, 1.54) is 13.1 Å². The Kier molecular flexibility index (Phi) is 3.20. The summed E-state index contributed by atoms with van der Waals surface area (Å²) < 4.78 is 6.15. The monoisotopic (exact) mass is 375 g/mol. The highest BCUT2D eigenvalue weighted by molar-refractivity contribution is 5.94. The third-order valence-electron chi connectivity index (χ3n) is 6.46. The Morgan fingerprint density at radius 2 is 1.89 bits per heavy atom. The minimum absolute atomic E-state index is 0.0183. The molecule has 0 bridgehead atoms. The molecule has 0 atom stereocenters. The van der Waals surface area contributed by atoms with E-state index < -0.39 is 0 Å². The highest BCUT2D eigenvalue weighted by Gasteiger charge is 2.50. The van der Waals surface area contributed by atoms with Crippen LogP contribution in [0.25, 0.3) is 22.2 Å². The van der Waals surface area contributed by atoms with Crippen molar-refractivity contribution >= 4 is 16.7 Å². The van der Waals surface area contributed by atoms with Crippen LogP contribution in [-0.4, -0.2) is 58.9 Å². The van der Waals surface area contributed by atoms with Gasteiger partial charge in [-0.1, -0.05) is 0 Å². The maximum atomic E-state index is 6.15. The summed E-state index contributed by atoms with van der Waals surface area (Å²) in [6.45, 7) is 6.78. The van der Waals surface area contributed by atoms with Gasteiger partial charge < -0.3 is 14.5 Å². The fourth-order valence-corrected chi connectivity index (χ4v) is 4.80. The van der Waals surface area contributed by atoms with Crippen molar-refractivity contribution in [2.45, 2.75) is 25.4 Å². The Bertz CT molecular complexity index is 1060. The van der Waals surface area contributed by atoms with Gasteiger partial charge in [0.05, 0.1) is 5.52 Å². The van der Waals surface area contributed by atoms with E-state index in [4.69, 9.17) is 4.74 Å². The van der Waals surface area contributed by atoms with Gasteiger partial charge in [-0.3, -0.25) is 5.10 Å². The number of nitrogens with one attached hydrogen (secondary N) is 1. The molecule has 0 unspecified atom stereocenters. The van der Waals surface area contributed by atoms with Crippen molar-refractivity contribution in [3.8, 4) is 17.0 Å². The van der Waals surface area contributed by atoms with E-state index in [-0.39, 0.29) is 5.60 Å². The van der Waals surface area contributed by atoms with Gasteiger partial charge in [-0.25, -0.2) is 4.98 Å². The van der Waals surface area contributed by atoms with Crippen molar-refractivity contribution < 1.29 is 4.74 Å². The van der Waals surface area contributed by atoms with Crippen molar-refractivity contribution in [2.75, 3.05) is 38.1 Å². The number of hydrogen-bond donors (Lipinski definition) is 1. The highest BCUT2D eigenvalue weighted by atomic mass is 16.5. The number of benzene rings is 1. The molecule has 3 aromatic rings. The van der Waals surface area contributed by atoms with Gasteiger partial charge in [-0.05, 0) is 57.1 Å². The largest absolute Gasteiger partial charge is 0.488 e. The Morgan fingerprint density at radius 1 is 1.07 bits per heavy atom. The Labute approximate surface area is 164 Å². The van der Waals surface area contributed by atoms with Crippen LogP contribution in [0.1, 0.15) is 19.8 Å². The summed E-state index contributed by atoms with van der Waals surface area (Å²) in [4.78, 5) is 9.39. The molecule has 3 aliphatic rings. The standard InChI is InChI=1S/C22H25N5O/c1-21(6-7-21)28-16-3-4-18-17(10-16)20(25-24-18)15-5-8-23-19(9-15)27-13-22(14-27)11-26(2)12-22/h3-5,8-10H,6-7,11-14H2,1-2H3,(H,24,25). The van der Waals surface area contributed by atoms with Crippen LogP contribution in [0.2, 0.25) is 0 Å². The zero-order valence-electron chi connectivity index (χ0n) is 16.4. The van der Waals surface area contributed by atoms with Crippen LogP contribution in [0.3, 0.4) is 0 Å². The van der Waals surface area contributed by atoms with Crippen molar-refractivity contribution in [1.82, 2.24) is 20.1 Å². The fraction of sp³-hybridized carbons (Fsp3) is 0.455. The van der Waals surface area contributed by atoms with Crippen molar-refractivity contribution in [3.05, 3.63) is 36.5 Å². The molecule has 1 spiro atoms. The predicted molar refractivity (Wildman–Crippen MR) is 110 cm³/mol. The summed E-state index contributed by atoms with van der Waals surface area (Å²) >= 11 is 0. The quantitative estimate of drug-likeness (QED) is 0.758. The molecule has 6 rings (SSSR count). The molecule has 1 N–H and O–H groups in total. The van der Waals surface area contributed by atoms with Crippen LogP contribution in [0.15, 0.2) is 36.5 Å². The van der Waals surface area contributed by atoms with Gasteiger partial charge in [0.2, 0.25) is 0 Å². The third-order valence-corrected chi connectivity index (χ3v) is 6.46. The number of aromatic nitrogens is 3. The summed E-state index contributed by atoms with van der Waals surface area (Å²) in [5, 5.41) is 8.85.